The summed E-state index contributed by atoms with van der Waals surface area (Å²) in [6, 6.07) is 21.6. The predicted molar refractivity (Wildman–Crippen MR) is 136 cm³/mol. The molecule has 0 aromatic heterocycles. The van der Waals surface area contributed by atoms with Crippen LogP contribution in [0.4, 0.5) is 5.69 Å². The number of nitrogens with zero attached hydrogens (tertiary/aromatic N) is 1. The van der Waals surface area contributed by atoms with Crippen molar-refractivity contribution in [2.24, 2.45) is 0 Å². The summed E-state index contributed by atoms with van der Waals surface area (Å²) < 4.78 is 0. The molecule has 8 heteroatoms. The molecule has 3 aromatic rings. The SMILES string of the molecule is O=C(O)CCC1(NC(=O)c2ccc(Cl)c(Cl)c2)C(=O)N(CCCc2ccccc2)c2ccccc21. The maximum absolute atomic E-state index is 13.9. The molecule has 0 fully saturated rings. The number of aryl methyl sites for hydroxylation is 1. The first-order valence-electron chi connectivity index (χ1n) is 11.3. The van der Waals surface area contributed by atoms with Gasteiger partial charge in [0.25, 0.3) is 11.8 Å². The number of anilines is 1. The van der Waals surface area contributed by atoms with Crippen LogP contribution in [0.15, 0.2) is 72.8 Å². The van der Waals surface area contributed by atoms with Crippen molar-refractivity contribution in [2.45, 2.75) is 31.2 Å². The van der Waals surface area contributed by atoms with Crippen molar-refractivity contribution < 1.29 is 19.5 Å². The minimum absolute atomic E-state index is 0.0829. The number of nitrogens with one attached hydrogen (secondary N) is 1. The van der Waals surface area contributed by atoms with Crippen molar-refractivity contribution in [3.63, 3.8) is 0 Å². The van der Waals surface area contributed by atoms with Crippen LogP contribution in [-0.2, 0) is 21.5 Å². The number of hydrogen-bond donors (Lipinski definition) is 2. The summed E-state index contributed by atoms with van der Waals surface area (Å²) >= 11 is 12.1. The van der Waals surface area contributed by atoms with Crippen molar-refractivity contribution in [3.05, 3.63) is 99.5 Å². The van der Waals surface area contributed by atoms with E-state index in [9.17, 15) is 19.5 Å². The number of para-hydroxylation sites is 1. The zero-order valence-corrected chi connectivity index (χ0v) is 20.4. The van der Waals surface area contributed by atoms with Crippen molar-refractivity contribution in [2.75, 3.05) is 11.4 Å². The number of carboxylic acid groups (broad SMARTS) is 1. The van der Waals surface area contributed by atoms with Crippen LogP contribution in [0.25, 0.3) is 0 Å². The molecule has 0 radical (unpaired) electrons. The molecule has 6 nitrogen and oxygen atoms in total. The molecule has 1 aliphatic rings. The number of amides is 2. The van der Waals surface area contributed by atoms with Crippen LogP contribution in [-0.4, -0.2) is 29.4 Å². The van der Waals surface area contributed by atoms with Gasteiger partial charge < -0.3 is 15.3 Å². The average molecular weight is 511 g/mol. The van der Waals surface area contributed by atoms with Crippen molar-refractivity contribution in [1.82, 2.24) is 5.32 Å². The monoisotopic (exact) mass is 510 g/mol. The second kappa shape index (κ2) is 10.5. The van der Waals surface area contributed by atoms with Crippen molar-refractivity contribution >= 4 is 46.7 Å². The highest BCUT2D eigenvalue weighted by Crippen LogP contribution is 2.43. The summed E-state index contributed by atoms with van der Waals surface area (Å²) in [5.41, 5.74) is 1.13. The summed E-state index contributed by atoms with van der Waals surface area (Å²) in [6.07, 6.45) is 1.12. The van der Waals surface area contributed by atoms with Gasteiger partial charge in [-0.25, -0.2) is 0 Å². The lowest BCUT2D eigenvalue weighted by molar-refractivity contribution is -0.137. The van der Waals surface area contributed by atoms with Crippen molar-refractivity contribution in [3.8, 4) is 0 Å². The molecule has 2 amide bonds. The van der Waals surface area contributed by atoms with E-state index in [1.165, 1.54) is 18.2 Å². The zero-order chi connectivity index (χ0) is 25.0. The molecular weight excluding hydrogens is 487 g/mol. The second-order valence-electron chi connectivity index (χ2n) is 8.45. The largest absolute Gasteiger partial charge is 0.481 e. The average Bonchev–Trinajstić information content (AvgIpc) is 3.08. The van der Waals surface area contributed by atoms with Crippen LogP contribution in [0.1, 0.15) is 40.7 Å². The van der Waals surface area contributed by atoms with E-state index in [4.69, 9.17) is 23.2 Å². The van der Waals surface area contributed by atoms with Gasteiger partial charge in [0.1, 0.15) is 5.54 Å². The van der Waals surface area contributed by atoms with E-state index in [2.05, 4.69) is 5.32 Å². The molecule has 0 aliphatic carbocycles. The maximum atomic E-state index is 13.9. The minimum Gasteiger partial charge on any atom is -0.481 e. The number of carbonyl (C=O) groups is 3. The summed E-state index contributed by atoms with van der Waals surface area (Å²) in [5.74, 6) is -1.94. The van der Waals surface area contributed by atoms with Crippen LogP contribution in [0, 0.1) is 0 Å². The van der Waals surface area contributed by atoms with E-state index >= 15 is 0 Å². The normalized spacial score (nSPS) is 16.7. The topological polar surface area (TPSA) is 86.7 Å². The first-order chi connectivity index (χ1) is 16.8. The lowest BCUT2D eigenvalue weighted by Crippen LogP contribution is -2.53. The van der Waals surface area contributed by atoms with Gasteiger partial charge in [-0.15, -0.1) is 0 Å². The van der Waals surface area contributed by atoms with Crippen molar-refractivity contribution in [1.29, 1.82) is 0 Å². The van der Waals surface area contributed by atoms with Gasteiger partial charge >= 0.3 is 5.97 Å². The Bertz CT molecular complexity index is 1270. The molecule has 2 N–H and O–H groups in total. The molecule has 0 bridgehead atoms. The standard InChI is InChI=1S/C27H24Cl2N2O4/c28-21-13-12-19(17-22(21)29)25(34)30-27(15-14-24(32)33)20-10-4-5-11-23(20)31(26(27)35)16-6-9-18-7-2-1-3-8-18/h1-5,7-8,10-13,17H,6,9,14-16H2,(H,30,34)(H,32,33). The Labute approximate surface area is 213 Å². The third-order valence-electron chi connectivity index (χ3n) is 6.18. The zero-order valence-electron chi connectivity index (χ0n) is 18.8. The molecule has 180 valence electrons. The smallest absolute Gasteiger partial charge is 0.303 e. The highest BCUT2D eigenvalue weighted by molar-refractivity contribution is 6.42. The first kappa shape index (κ1) is 24.8. The number of benzene rings is 3. The van der Waals surface area contributed by atoms with E-state index in [-0.39, 0.29) is 29.3 Å². The molecule has 35 heavy (non-hydrogen) atoms. The van der Waals surface area contributed by atoms with E-state index in [1.54, 1.807) is 17.0 Å². The van der Waals surface area contributed by atoms with Gasteiger partial charge in [0.2, 0.25) is 0 Å². The van der Waals surface area contributed by atoms with Crippen LogP contribution in [0.5, 0.6) is 0 Å². The van der Waals surface area contributed by atoms with E-state index in [0.29, 0.717) is 29.2 Å². The third kappa shape index (κ3) is 5.19. The van der Waals surface area contributed by atoms with Gasteiger partial charge in [0.05, 0.1) is 10.0 Å². The molecule has 1 unspecified atom stereocenters. The van der Waals surface area contributed by atoms with Gasteiger partial charge in [-0.1, -0.05) is 71.7 Å². The van der Waals surface area contributed by atoms with E-state index in [0.717, 1.165) is 12.0 Å². The molecule has 1 atom stereocenters. The van der Waals surface area contributed by atoms with Crippen LogP contribution in [0.3, 0.4) is 0 Å². The number of fused-ring (bicyclic) bond motifs is 1. The number of rotatable bonds is 9. The Morgan fingerprint density at radius 2 is 1.66 bits per heavy atom. The molecule has 0 saturated heterocycles. The quantitative estimate of drug-likeness (QED) is 0.399. The van der Waals surface area contributed by atoms with Gasteiger partial charge in [0.15, 0.2) is 0 Å². The number of halogens is 2. The fourth-order valence-electron chi connectivity index (χ4n) is 4.46. The molecule has 0 saturated carbocycles. The highest BCUT2D eigenvalue weighted by Gasteiger charge is 2.51. The summed E-state index contributed by atoms with van der Waals surface area (Å²) in [5, 5.41) is 12.8. The fraction of sp³-hybridized carbons (Fsp3) is 0.222. The molecule has 0 spiro atoms. The minimum atomic E-state index is -1.51. The lowest BCUT2D eigenvalue weighted by atomic mass is 9.86. The summed E-state index contributed by atoms with van der Waals surface area (Å²) in [7, 11) is 0. The fourth-order valence-corrected chi connectivity index (χ4v) is 4.75. The van der Waals surface area contributed by atoms with E-state index in [1.807, 2.05) is 42.5 Å². The number of hydrogen-bond acceptors (Lipinski definition) is 3. The van der Waals surface area contributed by atoms with Gasteiger partial charge in [-0.2, -0.15) is 0 Å². The third-order valence-corrected chi connectivity index (χ3v) is 6.92. The van der Waals surface area contributed by atoms with Crippen LogP contribution < -0.4 is 10.2 Å². The van der Waals surface area contributed by atoms with E-state index < -0.39 is 17.4 Å². The van der Waals surface area contributed by atoms with Gasteiger partial charge in [-0.05, 0) is 49.1 Å². The Morgan fingerprint density at radius 1 is 0.943 bits per heavy atom. The Kier molecular flexibility index (Phi) is 7.43. The molecule has 1 aliphatic heterocycles. The molecular formula is C27H24Cl2N2O4. The lowest BCUT2D eigenvalue weighted by Gasteiger charge is -2.30. The number of carbonyl (C=O) groups excluding carboxylic acids is 2. The maximum Gasteiger partial charge on any atom is 0.303 e. The summed E-state index contributed by atoms with van der Waals surface area (Å²) in [6.45, 7) is 0.433. The Morgan fingerprint density at radius 3 is 2.37 bits per heavy atom. The number of aliphatic carboxylic acids is 1. The van der Waals surface area contributed by atoms with Crippen LogP contribution >= 0.6 is 23.2 Å². The predicted octanol–water partition coefficient (Wildman–Crippen LogP) is 5.46. The highest BCUT2D eigenvalue weighted by atomic mass is 35.5. The first-order valence-corrected chi connectivity index (χ1v) is 12.0. The Hall–Kier alpha value is -3.35. The molecule has 1 heterocycles. The molecule has 3 aromatic carbocycles. The second-order valence-corrected chi connectivity index (χ2v) is 9.26. The van der Waals surface area contributed by atoms with Crippen LogP contribution in [0.2, 0.25) is 10.0 Å². The number of carboxylic acids is 1. The van der Waals surface area contributed by atoms with Gasteiger partial charge in [0, 0.05) is 29.8 Å². The molecule has 4 rings (SSSR count). The summed E-state index contributed by atoms with van der Waals surface area (Å²) in [4.78, 5) is 40.3. The van der Waals surface area contributed by atoms with Gasteiger partial charge in [-0.3, -0.25) is 14.4 Å². The Balaban J connectivity index is 1.65.